The van der Waals surface area contributed by atoms with Crippen LogP contribution in [0, 0.1) is 16.7 Å². The van der Waals surface area contributed by atoms with Crippen molar-refractivity contribution in [2.45, 2.75) is 51.6 Å². The summed E-state index contributed by atoms with van der Waals surface area (Å²) in [4.78, 5) is 31.8. The Hall–Kier alpha value is -3.27. The molecule has 5 unspecified atom stereocenters. The standard InChI is InChI=1S/C30H35N3O5S/c1-29-14-13-24(35)30(2,18-34)23(29)16-22-27(21(29)15-25(36)31-19-9-5-3-6-10-19)33-28(39-22)32-26(37)17-38-20-11-7-4-8-12-20/h3-12,21,23-24,34-35H,13-18H2,1-2H3,(H,31,36)(H,32,33,37). The number of nitrogens with one attached hydrogen (secondary N) is 2. The van der Waals surface area contributed by atoms with Crippen LogP contribution in [0.1, 0.15) is 49.6 Å². The average Bonchev–Trinajstić information content (AvgIpc) is 3.34. The number of para-hydroxylation sites is 2. The number of carbonyl (C=O) groups excluding carboxylic acids is 2. The van der Waals surface area contributed by atoms with Crippen molar-refractivity contribution in [3.63, 3.8) is 0 Å². The molecule has 1 saturated carbocycles. The number of anilines is 2. The second-order valence-corrected chi connectivity index (χ2v) is 12.2. The summed E-state index contributed by atoms with van der Waals surface area (Å²) in [5, 5.41) is 27.7. The van der Waals surface area contributed by atoms with E-state index in [9.17, 15) is 19.8 Å². The highest BCUT2D eigenvalue weighted by Gasteiger charge is 2.59. The van der Waals surface area contributed by atoms with Crippen molar-refractivity contribution in [2.75, 3.05) is 23.8 Å². The summed E-state index contributed by atoms with van der Waals surface area (Å²) in [5.74, 6) is -0.135. The summed E-state index contributed by atoms with van der Waals surface area (Å²) in [6.45, 7) is 3.81. The first kappa shape index (κ1) is 27.3. The fourth-order valence-corrected chi connectivity index (χ4v) is 7.52. The molecule has 0 bridgehead atoms. The number of hydrogen-bond acceptors (Lipinski definition) is 7. The van der Waals surface area contributed by atoms with E-state index in [1.54, 1.807) is 12.1 Å². The fraction of sp³-hybridized carbons (Fsp3) is 0.433. The predicted molar refractivity (Wildman–Crippen MR) is 151 cm³/mol. The Kier molecular flexibility index (Phi) is 7.75. The molecule has 5 atom stereocenters. The molecule has 2 amide bonds. The molecule has 2 aliphatic carbocycles. The highest BCUT2D eigenvalue weighted by Crippen LogP contribution is 2.62. The lowest BCUT2D eigenvalue weighted by Gasteiger charge is -2.58. The normalized spacial score (nSPS) is 27.6. The molecule has 39 heavy (non-hydrogen) atoms. The van der Waals surface area contributed by atoms with Crippen LogP contribution in [0.2, 0.25) is 0 Å². The molecule has 0 radical (unpaired) electrons. The zero-order chi connectivity index (χ0) is 27.6. The van der Waals surface area contributed by atoms with Crippen LogP contribution >= 0.6 is 11.3 Å². The first-order valence-corrected chi connectivity index (χ1v) is 14.2. The molecule has 5 rings (SSSR count). The fourth-order valence-electron chi connectivity index (χ4n) is 6.44. The van der Waals surface area contributed by atoms with E-state index in [4.69, 9.17) is 9.72 Å². The number of ether oxygens (including phenoxy) is 1. The van der Waals surface area contributed by atoms with Gasteiger partial charge >= 0.3 is 0 Å². The zero-order valence-corrected chi connectivity index (χ0v) is 23.0. The lowest BCUT2D eigenvalue weighted by molar-refractivity contribution is -0.143. The Labute approximate surface area is 232 Å². The third kappa shape index (κ3) is 5.44. The number of nitrogens with zero attached hydrogens (tertiary/aromatic N) is 1. The summed E-state index contributed by atoms with van der Waals surface area (Å²) in [6.07, 6.45) is 1.44. The van der Waals surface area contributed by atoms with Crippen molar-refractivity contribution < 1.29 is 24.5 Å². The van der Waals surface area contributed by atoms with Gasteiger partial charge in [-0.25, -0.2) is 4.98 Å². The summed E-state index contributed by atoms with van der Waals surface area (Å²) in [6, 6.07) is 18.5. The SMILES string of the molecule is CC1(CO)C(O)CCC2(C)C(CC(=O)Nc3ccccc3)c3nc(NC(=O)COc4ccccc4)sc3CC12. The van der Waals surface area contributed by atoms with Gasteiger partial charge < -0.3 is 20.3 Å². The lowest BCUT2D eigenvalue weighted by Crippen LogP contribution is -2.57. The third-order valence-corrected chi connectivity index (χ3v) is 9.71. The number of aliphatic hydroxyl groups excluding tert-OH is 2. The topological polar surface area (TPSA) is 121 Å². The number of hydrogen-bond donors (Lipinski definition) is 4. The first-order valence-electron chi connectivity index (χ1n) is 13.3. The summed E-state index contributed by atoms with van der Waals surface area (Å²) >= 11 is 1.39. The Morgan fingerprint density at radius 3 is 2.44 bits per heavy atom. The minimum atomic E-state index is -0.713. The summed E-state index contributed by atoms with van der Waals surface area (Å²) < 4.78 is 5.58. The number of rotatable bonds is 8. The number of aliphatic hydroxyl groups is 2. The maximum Gasteiger partial charge on any atom is 0.264 e. The van der Waals surface area contributed by atoms with Gasteiger partial charge in [0, 0.05) is 28.3 Å². The molecule has 0 aliphatic heterocycles. The molecule has 1 heterocycles. The van der Waals surface area contributed by atoms with Crippen LogP contribution in [0.25, 0.3) is 0 Å². The second-order valence-electron chi connectivity index (χ2n) is 11.1. The molecule has 2 aromatic carbocycles. The molecule has 206 valence electrons. The average molecular weight is 550 g/mol. The maximum atomic E-state index is 13.3. The summed E-state index contributed by atoms with van der Waals surface area (Å²) in [5.41, 5.74) is 0.460. The molecule has 0 saturated heterocycles. The molecule has 3 aromatic rings. The quantitative estimate of drug-likeness (QED) is 0.326. The van der Waals surface area contributed by atoms with Crippen LogP contribution in [0.15, 0.2) is 60.7 Å². The third-order valence-electron chi connectivity index (χ3n) is 8.70. The molecule has 2 aliphatic rings. The number of amides is 2. The van der Waals surface area contributed by atoms with Crippen LogP contribution in [0.4, 0.5) is 10.8 Å². The van der Waals surface area contributed by atoms with Crippen molar-refractivity contribution in [2.24, 2.45) is 16.7 Å². The van der Waals surface area contributed by atoms with Gasteiger partial charge in [-0.15, -0.1) is 11.3 Å². The van der Waals surface area contributed by atoms with E-state index in [0.717, 1.165) is 16.3 Å². The molecular weight excluding hydrogens is 514 g/mol. The predicted octanol–water partition coefficient (Wildman–Crippen LogP) is 4.60. The number of benzene rings is 2. The van der Waals surface area contributed by atoms with Crippen LogP contribution < -0.4 is 15.4 Å². The van der Waals surface area contributed by atoms with Gasteiger partial charge in [0.1, 0.15) is 5.75 Å². The second kappa shape index (κ2) is 11.1. The van der Waals surface area contributed by atoms with E-state index >= 15 is 0 Å². The minimum absolute atomic E-state index is 0.0637. The van der Waals surface area contributed by atoms with Gasteiger partial charge in [0.15, 0.2) is 11.7 Å². The highest BCUT2D eigenvalue weighted by molar-refractivity contribution is 7.15. The van der Waals surface area contributed by atoms with E-state index in [1.807, 2.05) is 55.5 Å². The minimum Gasteiger partial charge on any atom is -0.484 e. The van der Waals surface area contributed by atoms with Gasteiger partial charge in [0.05, 0.1) is 18.4 Å². The molecular formula is C30H35N3O5S. The van der Waals surface area contributed by atoms with Gasteiger partial charge in [-0.2, -0.15) is 0 Å². The largest absolute Gasteiger partial charge is 0.484 e. The van der Waals surface area contributed by atoms with Crippen molar-refractivity contribution in [1.29, 1.82) is 0 Å². The Balaban J connectivity index is 1.41. The van der Waals surface area contributed by atoms with Crippen LogP contribution in [-0.4, -0.2) is 46.3 Å². The van der Waals surface area contributed by atoms with Crippen molar-refractivity contribution >= 4 is 34.0 Å². The molecule has 1 aromatic heterocycles. The molecule has 0 spiro atoms. The van der Waals surface area contributed by atoms with Gasteiger partial charge in [0.25, 0.3) is 5.91 Å². The summed E-state index contributed by atoms with van der Waals surface area (Å²) in [7, 11) is 0. The number of aromatic nitrogens is 1. The first-order chi connectivity index (χ1) is 18.7. The lowest BCUT2D eigenvalue weighted by atomic mass is 9.47. The maximum absolute atomic E-state index is 13.3. The van der Waals surface area contributed by atoms with Gasteiger partial charge in [-0.1, -0.05) is 50.2 Å². The van der Waals surface area contributed by atoms with E-state index in [0.29, 0.717) is 30.1 Å². The highest BCUT2D eigenvalue weighted by atomic mass is 32.1. The monoisotopic (exact) mass is 549 g/mol. The molecule has 4 N–H and O–H groups in total. The Morgan fingerprint density at radius 2 is 1.74 bits per heavy atom. The number of carbonyl (C=O) groups is 2. The molecule has 8 nitrogen and oxygen atoms in total. The smallest absolute Gasteiger partial charge is 0.264 e. The molecule has 9 heteroatoms. The van der Waals surface area contributed by atoms with Crippen LogP contribution in [0.3, 0.4) is 0 Å². The Morgan fingerprint density at radius 1 is 1.05 bits per heavy atom. The number of fused-ring (bicyclic) bond motifs is 2. The molecule has 1 fully saturated rings. The van der Waals surface area contributed by atoms with Crippen molar-refractivity contribution in [3.8, 4) is 5.75 Å². The van der Waals surface area contributed by atoms with E-state index in [-0.39, 0.29) is 48.7 Å². The van der Waals surface area contributed by atoms with Gasteiger partial charge in [0.2, 0.25) is 5.91 Å². The van der Waals surface area contributed by atoms with E-state index < -0.39 is 11.5 Å². The number of thiazole rings is 1. The van der Waals surface area contributed by atoms with Crippen LogP contribution in [-0.2, 0) is 16.0 Å². The zero-order valence-electron chi connectivity index (χ0n) is 22.2. The Bertz CT molecular complexity index is 1320. The van der Waals surface area contributed by atoms with Crippen molar-refractivity contribution in [3.05, 3.63) is 71.2 Å². The van der Waals surface area contributed by atoms with Gasteiger partial charge in [-0.05, 0) is 54.9 Å². The van der Waals surface area contributed by atoms with E-state index in [1.165, 1.54) is 11.3 Å². The van der Waals surface area contributed by atoms with Gasteiger partial charge in [-0.3, -0.25) is 14.9 Å². The van der Waals surface area contributed by atoms with Crippen molar-refractivity contribution in [1.82, 2.24) is 4.98 Å². The van der Waals surface area contributed by atoms with E-state index in [2.05, 4.69) is 17.6 Å². The van der Waals surface area contributed by atoms with Crippen LogP contribution in [0.5, 0.6) is 5.75 Å².